The summed E-state index contributed by atoms with van der Waals surface area (Å²) in [7, 11) is 0. The van der Waals surface area contributed by atoms with Crippen LogP contribution in [0.4, 0.5) is 5.69 Å². The van der Waals surface area contributed by atoms with Crippen molar-refractivity contribution in [3.8, 4) is 0 Å². The van der Waals surface area contributed by atoms with Crippen molar-refractivity contribution >= 4 is 17.5 Å². The Labute approximate surface area is 125 Å². The molecule has 112 valence electrons. The predicted molar refractivity (Wildman–Crippen MR) is 82.0 cm³/mol. The molecule has 4 nitrogen and oxygen atoms in total. The third kappa shape index (κ3) is 2.80. The molecule has 0 aromatic heterocycles. The fourth-order valence-electron chi connectivity index (χ4n) is 2.59. The summed E-state index contributed by atoms with van der Waals surface area (Å²) in [4.78, 5) is 24.8. The van der Waals surface area contributed by atoms with Crippen LogP contribution in [0.25, 0.3) is 0 Å². The van der Waals surface area contributed by atoms with E-state index in [1.165, 1.54) is 0 Å². The second-order valence-electron chi connectivity index (χ2n) is 6.53. The van der Waals surface area contributed by atoms with Gasteiger partial charge in [-0.25, -0.2) is 0 Å². The zero-order valence-corrected chi connectivity index (χ0v) is 12.6. The molecule has 2 fully saturated rings. The summed E-state index contributed by atoms with van der Waals surface area (Å²) in [5.41, 5.74) is 1.10. The van der Waals surface area contributed by atoms with Crippen LogP contribution in [0.15, 0.2) is 24.3 Å². The number of carbonyl (C=O) groups excluding carboxylic acids is 2. The lowest BCUT2D eigenvalue weighted by atomic mass is 9.99. The lowest BCUT2D eigenvalue weighted by molar-refractivity contribution is -0.134. The fraction of sp³-hybridized carbons (Fsp3) is 0.529. The number of benzene rings is 1. The van der Waals surface area contributed by atoms with E-state index in [0.29, 0.717) is 24.8 Å². The van der Waals surface area contributed by atoms with Crippen molar-refractivity contribution in [2.75, 3.05) is 5.32 Å². The minimum Gasteiger partial charge on any atom is -0.352 e. The Morgan fingerprint density at radius 2 is 1.81 bits per heavy atom. The monoisotopic (exact) mass is 286 g/mol. The quantitative estimate of drug-likeness (QED) is 0.818. The molecule has 0 unspecified atom stereocenters. The summed E-state index contributed by atoms with van der Waals surface area (Å²) in [5.74, 6) is 0.0789. The Morgan fingerprint density at radius 1 is 1.14 bits per heavy atom. The third-order valence-electron chi connectivity index (χ3n) is 4.36. The van der Waals surface area contributed by atoms with Crippen LogP contribution in [0.5, 0.6) is 0 Å². The van der Waals surface area contributed by atoms with E-state index in [0.717, 1.165) is 24.1 Å². The lowest BCUT2D eigenvalue weighted by Gasteiger charge is -2.18. The van der Waals surface area contributed by atoms with E-state index < -0.39 is 5.41 Å². The summed E-state index contributed by atoms with van der Waals surface area (Å²) >= 11 is 0. The molecule has 1 aromatic rings. The Balaban J connectivity index is 1.73. The molecule has 2 aliphatic rings. The van der Waals surface area contributed by atoms with Crippen molar-refractivity contribution in [3.05, 3.63) is 29.8 Å². The van der Waals surface area contributed by atoms with E-state index in [1.54, 1.807) is 0 Å². The normalized spacial score (nSPS) is 19.2. The van der Waals surface area contributed by atoms with E-state index >= 15 is 0 Å². The van der Waals surface area contributed by atoms with Crippen LogP contribution >= 0.6 is 0 Å². The van der Waals surface area contributed by atoms with Crippen molar-refractivity contribution in [2.45, 2.75) is 51.5 Å². The van der Waals surface area contributed by atoms with Crippen molar-refractivity contribution in [3.63, 3.8) is 0 Å². The van der Waals surface area contributed by atoms with Gasteiger partial charge in [0.25, 0.3) is 0 Å². The first-order valence-corrected chi connectivity index (χ1v) is 7.74. The molecule has 0 spiro atoms. The van der Waals surface area contributed by atoms with E-state index in [9.17, 15) is 9.59 Å². The van der Waals surface area contributed by atoms with Crippen LogP contribution in [0, 0.1) is 5.41 Å². The Bertz CT molecular complexity index is 572. The average Bonchev–Trinajstić information content (AvgIpc) is 3.33. The molecule has 2 saturated carbocycles. The van der Waals surface area contributed by atoms with Crippen molar-refractivity contribution in [1.29, 1.82) is 0 Å². The zero-order valence-electron chi connectivity index (χ0n) is 12.6. The molecule has 2 aliphatic carbocycles. The number of amides is 2. The van der Waals surface area contributed by atoms with Gasteiger partial charge in [0.15, 0.2) is 0 Å². The standard InChI is InChI=1S/C17H22N2O2/c1-11(2)13-5-3-4-6-14(13)19-16(21)17(9-10-17)15(20)18-12-7-8-12/h3-6,11-12H,7-10H2,1-2H3,(H,18,20)(H,19,21). The average molecular weight is 286 g/mol. The van der Waals surface area contributed by atoms with Crippen LogP contribution in [-0.4, -0.2) is 17.9 Å². The number of carbonyl (C=O) groups is 2. The van der Waals surface area contributed by atoms with Crippen LogP contribution in [0.2, 0.25) is 0 Å². The fourth-order valence-corrected chi connectivity index (χ4v) is 2.59. The number of hydrogen-bond acceptors (Lipinski definition) is 2. The van der Waals surface area contributed by atoms with Gasteiger partial charge in [-0.15, -0.1) is 0 Å². The first-order chi connectivity index (χ1) is 10.0. The number of hydrogen-bond donors (Lipinski definition) is 2. The summed E-state index contributed by atoms with van der Waals surface area (Å²) in [6, 6.07) is 8.10. The van der Waals surface area contributed by atoms with Crippen LogP contribution < -0.4 is 10.6 Å². The summed E-state index contributed by atoms with van der Waals surface area (Å²) in [6.07, 6.45) is 3.39. The van der Waals surface area contributed by atoms with Gasteiger partial charge in [0.1, 0.15) is 5.41 Å². The second kappa shape index (κ2) is 5.17. The van der Waals surface area contributed by atoms with Gasteiger partial charge < -0.3 is 10.6 Å². The second-order valence-corrected chi connectivity index (χ2v) is 6.53. The van der Waals surface area contributed by atoms with E-state index in [1.807, 2.05) is 24.3 Å². The van der Waals surface area contributed by atoms with Gasteiger partial charge in [0.2, 0.25) is 11.8 Å². The van der Waals surface area contributed by atoms with Crippen molar-refractivity contribution < 1.29 is 9.59 Å². The van der Waals surface area contributed by atoms with Crippen LogP contribution in [0.1, 0.15) is 51.0 Å². The van der Waals surface area contributed by atoms with Crippen LogP contribution in [-0.2, 0) is 9.59 Å². The Kier molecular flexibility index (Phi) is 3.47. The Morgan fingerprint density at radius 3 is 2.38 bits per heavy atom. The molecule has 1 aromatic carbocycles. The van der Waals surface area contributed by atoms with Crippen molar-refractivity contribution in [1.82, 2.24) is 5.32 Å². The maximum Gasteiger partial charge on any atom is 0.240 e. The summed E-state index contributed by atoms with van der Waals surface area (Å²) in [5, 5.41) is 5.93. The molecule has 0 saturated heterocycles. The molecule has 2 amide bonds. The number of anilines is 1. The molecular weight excluding hydrogens is 264 g/mol. The maximum absolute atomic E-state index is 12.5. The lowest BCUT2D eigenvalue weighted by Crippen LogP contribution is -2.41. The molecule has 0 heterocycles. The highest BCUT2D eigenvalue weighted by Gasteiger charge is 2.57. The molecule has 21 heavy (non-hydrogen) atoms. The highest BCUT2D eigenvalue weighted by molar-refractivity contribution is 6.13. The van der Waals surface area contributed by atoms with Gasteiger partial charge in [0.05, 0.1) is 0 Å². The number of rotatable bonds is 5. The molecule has 2 N–H and O–H groups in total. The van der Waals surface area contributed by atoms with E-state index in [2.05, 4.69) is 24.5 Å². The summed E-state index contributed by atoms with van der Waals surface area (Å²) in [6.45, 7) is 4.19. The molecule has 0 atom stereocenters. The van der Waals surface area contributed by atoms with Gasteiger partial charge in [-0.05, 0) is 43.2 Å². The maximum atomic E-state index is 12.5. The number of nitrogens with one attached hydrogen (secondary N) is 2. The Hall–Kier alpha value is -1.84. The summed E-state index contributed by atoms with van der Waals surface area (Å²) < 4.78 is 0. The van der Waals surface area contributed by atoms with Gasteiger partial charge >= 0.3 is 0 Å². The molecule has 0 radical (unpaired) electrons. The van der Waals surface area contributed by atoms with Crippen LogP contribution in [0.3, 0.4) is 0 Å². The van der Waals surface area contributed by atoms with E-state index in [4.69, 9.17) is 0 Å². The molecular formula is C17H22N2O2. The largest absolute Gasteiger partial charge is 0.352 e. The first-order valence-electron chi connectivity index (χ1n) is 7.74. The van der Waals surface area contributed by atoms with Crippen molar-refractivity contribution in [2.24, 2.45) is 5.41 Å². The predicted octanol–water partition coefficient (Wildman–Crippen LogP) is 2.81. The highest BCUT2D eigenvalue weighted by Crippen LogP contribution is 2.47. The van der Waals surface area contributed by atoms with Gasteiger partial charge in [-0.1, -0.05) is 32.0 Å². The molecule has 0 bridgehead atoms. The molecule has 3 rings (SSSR count). The third-order valence-corrected chi connectivity index (χ3v) is 4.36. The van der Waals surface area contributed by atoms with Gasteiger partial charge in [-0.3, -0.25) is 9.59 Å². The highest BCUT2D eigenvalue weighted by atomic mass is 16.2. The smallest absolute Gasteiger partial charge is 0.240 e. The molecule has 4 heteroatoms. The van der Waals surface area contributed by atoms with Gasteiger partial charge in [0, 0.05) is 11.7 Å². The SMILES string of the molecule is CC(C)c1ccccc1NC(=O)C1(C(=O)NC2CC2)CC1. The van der Waals surface area contributed by atoms with Gasteiger partial charge in [-0.2, -0.15) is 0 Å². The number of para-hydroxylation sites is 1. The topological polar surface area (TPSA) is 58.2 Å². The minimum atomic E-state index is -0.827. The minimum absolute atomic E-state index is 0.0930. The van der Waals surface area contributed by atoms with E-state index in [-0.39, 0.29) is 11.8 Å². The zero-order chi connectivity index (χ0) is 15.0. The first kappa shape index (κ1) is 14.1. The molecule has 0 aliphatic heterocycles.